The normalized spacial score (nSPS) is 18.2. The van der Waals surface area contributed by atoms with Gasteiger partial charge in [-0.3, -0.25) is 4.79 Å². The molecule has 0 fully saturated rings. The van der Waals surface area contributed by atoms with Gasteiger partial charge in [0.05, 0.1) is 17.8 Å². The van der Waals surface area contributed by atoms with Crippen molar-refractivity contribution in [2.45, 2.75) is 33.7 Å². The van der Waals surface area contributed by atoms with Crippen LogP contribution in [0.25, 0.3) is 12.2 Å². The van der Waals surface area contributed by atoms with E-state index < -0.39 is 0 Å². The van der Waals surface area contributed by atoms with Crippen molar-refractivity contribution in [1.29, 1.82) is 0 Å². The molecule has 126 valence electrons. The van der Waals surface area contributed by atoms with Crippen molar-refractivity contribution in [1.82, 2.24) is 9.55 Å². The Morgan fingerprint density at radius 3 is 2.67 bits per heavy atom. The first-order valence-electron chi connectivity index (χ1n) is 8.31. The quantitative estimate of drug-likeness (QED) is 0.807. The highest BCUT2D eigenvalue weighted by molar-refractivity contribution is 5.71. The maximum absolute atomic E-state index is 11.8. The van der Waals surface area contributed by atoms with E-state index in [2.05, 4.69) is 49.6 Å². The number of aromatic nitrogens is 2. The number of hydrogen-bond donors (Lipinski definition) is 0. The van der Waals surface area contributed by atoms with Gasteiger partial charge in [0.1, 0.15) is 12.2 Å². The van der Waals surface area contributed by atoms with E-state index in [-0.39, 0.29) is 17.8 Å². The van der Waals surface area contributed by atoms with Gasteiger partial charge < -0.3 is 9.30 Å². The van der Waals surface area contributed by atoms with Gasteiger partial charge >= 0.3 is 5.97 Å². The molecule has 0 saturated heterocycles. The lowest BCUT2D eigenvalue weighted by Crippen LogP contribution is -2.39. The van der Waals surface area contributed by atoms with Crippen LogP contribution in [-0.4, -0.2) is 22.6 Å². The summed E-state index contributed by atoms with van der Waals surface area (Å²) in [5.41, 5.74) is 1.25. The van der Waals surface area contributed by atoms with Crippen molar-refractivity contribution < 1.29 is 9.53 Å². The fourth-order valence-electron chi connectivity index (χ4n) is 3.03. The highest BCUT2D eigenvalue weighted by Gasteiger charge is 2.26. The lowest BCUT2D eigenvalue weighted by molar-refractivity contribution is -0.139. The van der Waals surface area contributed by atoms with Gasteiger partial charge in [0.15, 0.2) is 0 Å². The monoisotopic (exact) mass is 324 g/mol. The second-order valence-electron chi connectivity index (χ2n) is 7.04. The van der Waals surface area contributed by atoms with Crippen molar-refractivity contribution in [2.24, 2.45) is 11.3 Å². The number of fused-ring (bicyclic) bond motifs is 1. The summed E-state index contributed by atoms with van der Waals surface area (Å²) >= 11 is 0. The summed E-state index contributed by atoms with van der Waals surface area (Å²) in [6.45, 7) is 7.35. The number of ether oxygens (including phenoxy) is 1. The highest BCUT2D eigenvalue weighted by atomic mass is 16.5. The maximum atomic E-state index is 11.8. The fourth-order valence-corrected chi connectivity index (χ4v) is 3.03. The molecule has 1 unspecified atom stereocenters. The molecule has 4 heteroatoms. The van der Waals surface area contributed by atoms with Crippen LogP contribution in [-0.2, 0) is 22.5 Å². The smallest absolute Gasteiger partial charge is 0.313 e. The van der Waals surface area contributed by atoms with Gasteiger partial charge in [-0.2, -0.15) is 0 Å². The number of esters is 1. The van der Waals surface area contributed by atoms with Gasteiger partial charge in [-0.05, 0) is 16.9 Å². The van der Waals surface area contributed by atoms with E-state index in [4.69, 9.17) is 9.72 Å². The molecule has 0 amide bonds. The van der Waals surface area contributed by atoms with E-state index in [0.29, 0.717) is 12.5 Å². The first kappa shape index (κ1) is 16.5. The van der Waals surface area contributed by atoms with E-state index in [1.54, 1.807) is 0 Å². The number of hydrogen-bond acceptors (Lipinski definition) is 3. The molecule has 1 heterocycles. The maximum Gasteiger partial charge on any atom is 0.313 e. The molecule has 0 aliphatic heterocycles. The molecule has 1 aliphatic rings. The third-order valence-electron chi connectivity index (χ3n) is 4.92. The van der Waals surface area contributed by atoms with Crippen molar-refractivity contribution in [3.8, 4) is 0 Å². The van der Waals surface area contributed by atoms with E-state index in [0.717, 1.165) is 16.5 Å². The Labute approximate surface area is 142 Å². The number of methoxy groups -OCH3 is 1. The van der Waals surface area contributed by atoms with Crippen LogP contribution in [0.5, 0.6) is 0 Å². The molecule has 0 spiro atoms. The molecule has 1 atom stereocenters. The summed E-state index contributed by atoms with van der Waals surface area (Å²) in [6, 6.07) is 10.2. The molecular formula is C20H24N2O2. The zero-order valence-electron chi connectivity index (χ0n) is 14.7. The van der Waals surface area contributed by atoms with Crippen molar-refractivity contribution in [3.05, 3.63) is 52.4 Å². The zero-order valence-corrected chi connectivity index (χ0v) is 14.7. The predicted molar refractivity (Wildman–Crippen MR) is 94.6 cm³/mol. The van der Waals surface area contributed by atoms with Crippen LogP contribution in [0.3, 0.4) is 0 Å². The van der Waals surface area contributed by atoms with Gasteiger partial charge in [0.2, 0.25) is 0 Å². The molecule has 3 rings (SSSR count). The molecule has 24 heavy (non-hydrogen) atoms. The summed E-state index contributed by atoms with van der Waals surface area (Å²) in [4.78, 5) is 16.5. The Balaban J connectivity index is 2.13. The molecule has 0 saturated carbocycles. The number of nitrogens with zero attached hydrogens (tertiary/aromatic N) is 2. The lowest BCUT2D eigenvalue weighted by atomic mass is 9.77. The number of imidazole rings is 1. The van der Waals surface area contributed by atoms with E-state index >= 15 is 0 Å². The highest BCUT2D eigenvalue weighted by Crippen LogP contribution is 2.30. The number of carbonyl (C=O) groups is 1. The Hall–Kier alpha value is -2.36. The fraction of sp³-hybridized carbons (Fsp3) is 0.400. The van der Waals surface area contributed by atoms with Crippen molar-refractivity contribution in [3.63, 3.8) is 0 Å². The molecule has 4 nitrogen and oxygen atoms in total. The van der Waals surface area contributed by atoms with Crippen LogP contribution in [0.4, 0.5) is 0 Å². The topological polar surface area (TPSA) is 44.1 Å². The molecule has 1 aromatic heterocycles. The summed E-state index contributed by atoms with van der Waals surface area (Å²) in [6.07, 6.45) is 4.67. The number of carbonyl (C=O) groups excluding carboxylic acids is 1. The zero-order chi connectivity index (χ0) is 17.3. The van der Waals surface area contributed by atoms with Crippen LogP contribution in [0.1, 0.15) is 32.2 Å². The summed E-state index contributed by atoms with van der Waals surface area (Å²) in [5, 5.41) is 2.07. The van der Waals surface area contributed by atoms with Gasteiger partial charge in [0, 0.05) is 6.54 Å². The molecule has 1 aliphatic carbocycles. The lowest BCUT2D eigenvalue weighted by Gasteiger charge is -2.27. The second-order valence-corrected chi connectivity index (χ2v) is 7.04. The summed E-state index contributed by atoms with van der Waals surface area (Å²) in [7, 11) is 1.41. The Kier molecular flexibility index (Phi) is 4.31. The third-order valence-corrected chi connectivity index (χ3v) is 4.92. The number of rotatable bonds is 4. The average molecular weight is 324 g/mol. The average Bonchev–Trinajstić information content (AvgIpc) is 2.85. The summed E-state index contributed by atoms with van der Waals surface area (Å²) < 4.78 is 6.98. The SMILES string of the molecule is COC(=O)Cc1nc2c(n1Cc1ccccc1)=CC(C)C(C)(C)C=2. The van der Waals surface area contributed by atoms with Crippen LogP contribution in [0.15, 0.2) is 30.3 Å². The molecule has 2 aromatic rings. The molecular weight excluding hydrogens is 300 g/mol. The standard InChI is InChI=1S/C20H24N2O2/c1-14-10-17-16(12-20(14,2)3)21-18(11-19(23)24-4)22(17)13-15-8-6-5-7-9-15/h5-10,12,14H,11,13H2,1-4H3. The Morgan fingerprint density at radius 1 is 1.29 bits per heavy atom. The second kappa shape index (κ2) is 6.27. The van der Waals surface area contributed by atoms with Crippen LogP contribution < -0.4 is 10.7 Å². The largest absolute Gasteiger partial charge is 0.469 e. The Bertz CT molecular complexity index is 863. The van der Waals surface area contributed by atoms with Gasteiger partial charge in [-0.15, -0.1) is 0 Å². The predicted octanol–water partition coefficient (Wildman–Crippen LogP) is 1.88. The third kappa shape index (κ3) is 3.14. The minimum atomic E-state index is -0.265. The van der Waals surface area contributed by atoms with Gasteiger partial charge in [0.25, 0.3) is 0 Å². The molecule has 0 bridgehead atoms. The Morgan fingerprint density at radius 2 is 2.00 bits per heavy atom. The van der Waals surface area contributed by atoms with Gasteiger partial charge in [-0.25, -0.2) is 4.98 Å². The van der Waals surface area contributed by atoms with Gasteiger partial charge in [-0.1, -0.05) is 63.3 Å². The van der Waals surface area contributed by atoms with E-state index in [1.165, 1.54) is 12.7 Å². The van der Waals surface area contributed by atoms with E-state index in [1.807, 2.05) is 18.2 Å². The summed E-state index contributed by atoms with van der Waals surface area (Å²) in [5.74, 6) is 0.897. The molecule has 0 N–H and O–H groups in total. The van der Waals surface area contributed by atoms with Crippen molar-refractivity contribution in [2.75, 3.05) is 7.11 Å². The minimum absolute atomic E-state index is 0.0570. The van der Waals surface area contributed by atoms with Crippen LogP contribution >= 0.6 is 0 Å². The molecule has 0 radical (unpaired) electrons. The molecule has 1 aromatic carbocycles. The number of benzene rings is 1. The van der Waals surface area contributed by atoms with Crippen LogP contribution in [0, 0.1) is 11.3 Å². The van der Waals surface area contributed by atoms with Crippen molar-refractivity contribution >= 4 is 18.1 Å². The minimum Gasteiger partial charge on any atom is -0.469 e. The first-order valence-corrected chi connectivity index (χ1v) is 8.31. The first-order chi connectivity index (χ1) is 11.4. The van der Waals surface area contributed by atoms with Crippen LogP contribution in [0.2, 0.25) is 0 Å². The van der Waals surface area contributed by atoms with E-state index in [9.17, 15) is 4.79 Å².